The van der Waals surface area contributed by atoms with Gasteiger partial charge in [-0.05, 0) is 43.4 Å². The van der Waals surface area contributed by atoms with Crippen molar-refractivity contribution in [3.8, 4) is 0 Å². The maximum Gasteiger partial charge on any atom is 0.251 e. The van der Waals surface area contributed by atoms with Gasteiger partial charge in [0.25, 0.3) is 5.91 Å². The van der Waals surface area contributed by atoms with E-state index in [1.54, 1.807) is 23.9 Å². The van der Waals surface area contributed by atoms with Crippen LogP contribution in [-0.4, -0.2) is 35.9 Å². The molecule has 0 saturated heterocycles. The summed E-state index contributed by atoms with van der Waals surface area (Å²) in [5.41, 5.74) is 0.588. The van der Waals surface area contributed by atoms with Gasteiger partial charge in [-0.3, -0.25) is 9.59 Å². The standard InChI is InChI=1S/C17H24N2O2S/c1-22-12-11-15(17(21)18-14-9-5-6-10-14)19-16(20)13-7-3-2-4-8-13/h2-4,7-8,14-15H,5-6,9-12H2,1H3,(H,18,21)(H,19,20)/t15-/m1/s1. The summed E-state index contributed by atoms with van der Waals surface area (Å²) in [6.07, 6.45) is 7.11. The number of carbonyl (C=O) groups excluding carboxylic acids is 2. The SMILES string of the molecule is CSCC[C@@H](NC(=O)c1ccccc1)C(=O)NC1CCCC1. The average molecular weight is 320 g/mol. The number of rotatable bonds is 7. The first kappa shape index (κ1) is 16.9. The lowest BCUT2D eigenvalue weighted by Gasteiger charge is -2.21. The number of hydrogen-bond acceptors (Lipinski definition) is 3. The lowest BCUT2D eigenvalue weighted by atomic mass is 10.1. The first-order valence-corrected chi connectivity index (χ1v) is 9.25. The second-order valence-electron chi connectivity index (χ2n) is 5.66. The molecule has 2 rings (SSSR count). The fourth-order valence-corrected chi connectivity index (χ4v) is 3.18. The molecule has 22 heavy (non-hydrogen) atoms. The summed E-state index contributed by atoms with van der Waals surface area (Å²) in [6, 6.07) is 8.86. The van der Waals surface area contributed by atoms with Crippen molar-refractivity contribution >= 4 is 23.6 Å². The molecule has 0 heterocycles. The Balaban J connectivity index is 1.95. The van der Waals surface area contributed by atoms with Gasteiger partial charge in [0.2, 0.25) is 5.91 Å². The molecule has 1 saturated carbocycles. The quantitative estimate of drug-likeness (QED) is 0.812. The average Bonchev–Trinajstić information content (AvgIpc) is 3.04. The van der Waals surface area contributed by atoms with E-state index < -0.39 is 6.04 Å². The van der Waals surface area contributed by atoms with Crippen LogP contribution >= 0.6 is 11.8 Å². The second-order valence-corrected chi connectivity index (χ2v) is 6.65. The Hall–Kier alpha value is -1.49. The van der Waals surface area contributed by atoms with Crippen molar-refractivity contribution in [2.45, 2.75) is 44.2 Å². The van der Waals surface area contributed by atoms with Crippen LogP contribution in [0.4, 0.5) is 0 Å². The van der Waals surface area contributed by atoms with Crippen molar-refractivity contribution in [2.24, 2.45) is 0 Å². The number of carbonyl (C=O) groups is 2. The molecule has 0 aromatic heterocycles. The summed E-state index contributed by atoms with van der Waals surface area (Å²) in [7, 11) is 0. The van der Waals surface area contributed by atoms with Gasteiger partial charge in [0.1, 0.15) is 6.04 Å². The van der Waals surface area contributed by atoms with Gasteiger partial charge >= 0.3 is 0 Å². The van der Waals surface area contributed by atoms with Crippen molar-refractivity contribution < 1.29 is 9.59 Å². The van der Waals surface area contributed by atoms with Gasteiger partial charge < -0.3 is 10.6 Å². The van der Waals surface area contributed by atoms with Gasteiger partial charge in [0.05, 0.1) is 0 Å². The molecule has 1 aliphatic carbocycles. The van der Waals surface area contributed by atoms with Crippen LogP contribution in [0.2, 0.25) is 0 Å². The highest BCUT2D eigenvalue weighted by atomic mass is 32.2. The Kier molecular flexibility index (Phi) is 6.77. The molecule has 0 spiro atoms. The van der Waals surface area contributed by atoms with Gasteiger partial charge in [0.15, 0.2) is 0 Å². The Labute approximate surface area is 136 Å². The summed E-state index contributed by atoms with van der Waals surface area (Å²) in [5, 5.41) is 5.96. The van der Waals surface area contributed by atoms with Crippen LogP contribution in [0.25, 0.3) is 0 Å². The Bertz CT molecular complexity index is 487. The van der Waals surface area contributed by atoms with Crippen molar-refractivity contribution in [1.29, 1.82) is 0 Å². The molecule has 5 heteroatoms. The third kappa shape index (κ3) is 5.05. The first-order chi connectivity index (χ1) is 10.7. The van der Waals surface area contributed by atoms with Crippen molar-refractivity contribution in [3.05, 3.63) is 35.9 Å². The van der Waals surface area contributed by atoms with Gasteiger partial charge in [0, 0.05) is 11.6 Å². The van der Waals surface area contributed by atoms with Crippen LogP contribution in [0.5, 0.6) is 0 Å². The molecule has 2 amide bonds. The molecule has 1 aromatic rings. The van der Waals surface area contributed by atoms with Crippen molar-refractivity contribution in [1.82, 2.24) is 10.6 Å². The predicted molar refractivity (Wildman–Crippen MR) is 91.1 cm³/mol. The molecule has 120 valence electrons. The molecule has 1 aliphatic rings. The summed E-state index contributed by atoms with van der Waals surface area (Å²) < 4.78 is 0. The fourth-order valence-electron chi connectivity index (χ4n) is 2.71. The Morgan fingerprint density at radius 2 is 1.91 bits per heavy atom. The number of amides is 2. The highest BCUT2D eigenvalue weighted by molar-refractivity contribution is 7.98. The normalized spacial score (nSPS) is 16.2. The molecule has 0 unspecified atom stereocenters. The number of nitrogens with one attached hydrogen (secondary N) is 2. The largest absolute Gasteiger partial charge is 0.352 e. The van der Waals surface area contributed by atoms with Crippen molar-refractivity contribution in [3.63, 3.8) is 0 Å². The van der Waals surface area contributed by atoms with Gasteiger partial charge in [-0.15, -0.1) is 0 Å². The van der Waals surface area contributed by atoms with Crippen LogP contribution in [-0.2, 0) is 4.79 Å². The van der Waals surface area contributed by atoms with E-state index in [0.29, 0.717) is 12.0 Å². The number of thioether (sulfide) groups is 1. The zero-order chi connectivity index (χ0) is 15.8. The van der Waals surface area contributed by atoms with E-state index in [-0.39, 0.29) is 17.9 Å². The minimum Gasteiger partial charge on any atom is -0.352 e. The fraction of sp³-hybridized carbons (Fsp3) is 0.529. The van der Waals surface area contributed by atoms with Crippen LogP contribution in [0.1, 0.15) is 42.5 Å². The maximum absolute atomic E-state index is 12.4. The topological polar surface area (TPSA) is 58.2 Å². The summed E-state index contributed by atoms with van der Waals surface area (Å²) in [5.74, 6) is 0.608. The van der Waals surface area contributed by atoms with Gasteiger partial charge in [-0.25, -0.2) is 0 Å². The molecule has 2 N–H and O–H groups in total. The van der Waals surface area contributed by atoms with Crippen LogP contribution in [0.3, 0.4) is 0 Å². The van der Waals surface area contributed by atoms with E-state index in [9.17, 15) is 9.59 Å². The molecule has 0 aliphatic heterocycles. The smallest absolute Gasteiger partial charge is 0.251 e. The van der Waals surface area contributed by atoms with E-state index in [4.69, 9.17) is 0 Å². The highest BCUT2D eigenvalue weighted by Crippen LogP contribution is 2.18. The van der Waals surface area contributed by atoms with Gasteiger partial charge in [-0.2, -0.15) is 11.8 Å². The third-order valence-corrected chi connectivity index (χ3v) is 4.61. The lowest BCUT2D eigenvalue weighted by molar-refractivity contribution is -0.123. The summed E-state index contributed by atoms with van der Waals surface area (Å²) in [6.45, 7) is 0. The van der Waals surface area contributed by atoms with E-state index in [1.807, 2.05) is 24.5 Å². The number of hydrogen-bond donors (Lipinski definition) is 2. The first-order valence-electron chi connectivity index (χ1n) is 7.86. The molecule has 4 nitrogen and oxygen atoms in total. The predicted octanol–water partition coefficient (Wildman–Crippen LogP) is 2.60. The minimum absolute atomic E-state index is 0.0507. The summed E-state index contributed by atoms with van der Waals surface area (Å²) >= 11 is 1.68. The lowest BCUT2D eigenvalue weighted by Crippen LogP contribution is -2.49. The third-order valence-electron chi connectivity index (χ3n) is 3.97. The maximum atomic E-state index is 12.4. The molecule has 1 fully saturated rings. The van der Waals surface area contributed by atoms with Crippen LogP contribution in [0, 0.1) is 0 Å². The molecule has 0 radical (unpaired) electrons. The van der Waals surface area contributed by atoms with Crippen molar-refractivity contribution in [2.75, 3.05) is 12.0 Å². The Morgan fingerprint density at radius 3 is 2.55 bits per heavy atom. The monoisotopic (exact) mass is 320 g/mol. The summed E-state index contributed by atoms with van der Waals surface area (Å²) in [4.78, 5) is 24.7. The molecule has 1 atom stereocenters. The molecular weight excluding hydrogens is 296 g/mol. The molecule has 0 bridgehead atoms. The minimum atomic E-state index is -0.458. The second kappa shape index (κ2) is 8.83. The zero-order valence-corrected chi connectivity index (χ0v) is 13.8. The molecular formula is C17H24N2O2S. The van der Waals surface area contributed by atoms with Gasteiger partial charge in [-0.1, -0.05) is 31.0 Å². The van der Waals surface area contributed by atoms with Crippen LogP contribution < -0.4 is 10.6 Å². The Morgan fingerprint density at radius 1 is 1.23 bits per heavy atom. The van der Waals surface area contributed by atoms with Crippen LogP contribution in [0.15, 0.2) is 30.3 Å². The number of benzene rings is 1. The van der Waals surface area contributed by atoms with E-state index >= 15 is 0 Å². The molecule has 1 aromatic carbocycles. The van der Waals surface area contributed by atoms with E-state index in [0.717, 1.165) is 18.6 Å². The highest BCUT2D eigenvalue weighted by Gasteiger charge is 2.24. The van der Waals surface area contributed by atoms with E-state index in [1.165, 1.54) is 12.8 Å². The zero-order valence-electron chi connectivity index (χ0n) is 13.0. The van der Waals surface area contributed by atoms with E-state index in [2.05, 4.69) is 10.6 Å².